The van der Waals surface area contributed by atoms with Crippen molar-refractivity contribution >= 4 is 27.6 Å². The Kier molecular flexibility index (Phi) is 5.91. The summed E-state index contributed by atoms with van der Waals surface area (Å²) in [4.78, 5) is 22.0. The second kappa shape index (κ2) is 7.22. The number of hydrogen-bond acceptors (Lipinski definition) is 2. The fraction of sp³-hybridized carbons (Fsp3) is 0.385. The van der Waals surface area contributed by atoms with Gasteiger partial charge in [-0.25, -0.2) is 0 Å². The van der Waals surface area contributed by atoms with Crippen molar-refractivity contribution in [2.24, 2.45) is 0 Å². The van der Waals surface area contributed by atoms with Crippen molar-refractivity contribution in [3.8, 4) is 0 Å². The number of halogens is 1. The Morgan fingerprint density at radius 3 is 2.41 bits per heavy atom. The standard InChI is InChI=1S/C13H16BrNO2/c1-10(16)2-7-13(17)15-9-8-11-3-5-12(14)6-4-11/h3-6H,2,7-9H2,1H3,(H,15,17). The maximum absolute atomic E-state index is 11.3. The molecule has 92 valence electrons. The fourth-order valence-corrected chi connectivity index (χ4v) is 1.64. The highest BCUT2D eigenvalue weighted by Gasteiger charge is 2.02. The molecule has 0 radical (unpaired) electrons. The van der Waals surface area contributed by atoms with Crippen LogP contribution in [-0.2, 0) is 16.0 Å². The van der Waals surface area contributed by atoms with Crippen molar-refractivity contribution < 1.29 is 9.59 Å². The Balaban J connectivity index is 2.21. The summed E-state index contributed by atoms with van der Waals surface area (Å²) in [6.45, 7) is 2.10. The second-order valence-corrected chi connectivity index (χ2v) is 4.84. The summed E-state index contributed by atoms with van der Waals surface area (Å²) in [5.41, 5.74) is 1.18. The molecule has 4 heteroatoms. The van der Waals surface area contributed by atoms with E-state index < -0.39 is 0 Å². The lowest BCUT2D eigenvalue weighted by Gasteiger charge is -2.04. The Hall–Kier alpha value is -1.16. The maximum atomic E-state index is 11.3. The van der Waals surface area contributed by atoms with Gasteiger partial charge in [0.05, 0.1) is 0 Å². The van der Waals surface area contributed by atoms with Gasteiger partial charge in [0, 0.05) is 23.9 Å². The topological polar surface area (TPSA) is 46.2 Å². The van der Waals surface area contributed by atoms with Gasteiger partial charge >= 0.3 is 0 Å². The minimum absolute atomic E-state index is 0.0491. The normalized spacial score (nSPS) is 10.0. The van der Waals surface area contributed by atoms with E-state index in [1.807, 2.05) is 24.3 Å². The van der Waals surface area contributed by atoms with E-state index in [0.717, 1.165) is 10.9 Å². The first-order valence-electron chi connectivity index (χ1n) is 5.58. The lowest BCUT2D eigenvalue weighted by Crippen LogP contribution is -2.25. The molecular formula is C13H16BrNO2. The van der Waals surface area contributed by atoms with E-state index in [2.05, 4.69) is 21.2 Å². The van der Waals surface area contributed by atoms with E-state index >= 15 is 0 Å². The van der Waals surface area contributed by atoms with Crippen molar-refractivity contribution in [2.75, 3.05) is 6.54 Å². The Morgan fingerprint density at radius 1 is 1.18 bits per heavy atom. The van der Waals surface area contributed by atoms with E-state index in [9.17, 15) is 9.59 Å². The molecule has 0 aliphatic carbocycles. The summed E-state index contributed by atoms with van der Waals surface area (Å²) in [7, 11) is 0. The fourth-order valence-electron chi connectivity index (χ4n) is 1.38. The van der Waals surface area contributed by atoms with Gasteiger partial charge in [0.25, 0.3) is 0 Å². The molecule has 1 N–H and O–H groups in total. The molecule has 0 aliphatic heterocycles. The van der Waals surface area contributed by atoms with Gasteiger partial charge < -0.3 is 10.1 Å². The summed E-state index contributed by atoms with van der Waals surface area (Å²) in [6.07, 6.45) is 1.42. The predicted molar refractivity (Wildman–Crippen MR) is 70.8 cm³/mol. The number of carbonyl (C=O) groups is 2. The number of amides is 1. The summed E-state index contributed by atoms with van der Waals surface area (Å²) < 4.78 is 1.05. The van der Waals surface area contributed by atoms with E-state index in [-0.39, 0.29) is 18.1 Å². The van der Waals surface area contributed by atoms with E-state index in [1.54, 1.807) is 0 Å². The Bertz CT molecular complexity index is 387. The smallest absolute Gasteiger partial charge is 0.220 e. The third kappa shape index (κ3) is 6.22. The molecule has 0 spiro atoms. The lowest BCUT2D eigenvalue weighted by atomic mass is 10.1. The third-order valence-electron chi connectivity index (χ3n) is 2.35. The SMILES string of the molecule is CC(=O)CCC(=O)NCCc1ccc(Br)cc1. The molecule has 0 saturated heterocycles. The highest BCUT2D eigenvalue weighted by atomic mass is 79.9. The van der Waals surface area contributed by atoms with Gasteiger partial charge in [-0.3, -0.25) is 4.79 Å². The molecule has 1 aromatic rings. The molecule has 0 saturated carbocycles. The highest BCUT2D eigenvalue weighted by Crippen LogP contribution is 2.10. The van der Waals surface area contributed by atoms with E-state index in [0.29, 0.717) is 13.0 Å². The number of ketones is 1. The van der Waals surface area contributed by atoms with Crippen molar-refractivity contribution in [3.63, 3.8) is 0 Å². The van der Waals surface area contributed by atoms with Gasteiger partial charge in [-0.2, -0.15) is 0 Å². The minimum Gasteiger partial charge on any atom is -0.356 e. The molecule has 0 fully saturated rings. The van der Waals surface area contributed by atoms with Gasteiger partial charge in [0.15, 0.2) is 0 Å². The van der Waals surface area contributed by atoms with Crippen LogP contribution in [0.25, 0.3) is 0 Å². The summed E-state index contributed by atoms with van der Waals surface area (Å²) in [5, 5.41) is 2.80. The molecule has 0 aliphatic rings. The van der Waals surface area contributed by atoms with Gasteiger partial charge in [-0.1, -0.05) is 28.1 Å². The molecule has 1 aromatic carbocycles. The van der Waals surface area contributed by atoms with Crippen molar-refractivity contribution in [2.45, 2.75) is 26.2 Å². The van der Waals surface area contributed by atoms with Crippen LogP contribution in [0.4, 0.5) is 0 Å². The van der Waals surface area contributed by atoms with Crippen molar-refractivity contribution in [1.29, 1.82) is 0 Å². The molecule has 0 bridgehead atoms. The summed E-state index contributed by atoms with van der Waals surface area (Å²) in [5.74, 6) is -0.00892. The Morgan fingerprint density at radius 2 is 1.82 bits per heavy atom. The van der Waals surface area contributed by atoms with Crippen LogP contribution in [-0.4, -0.2) is 18.2 Å². The second-order valence-electron chi connectivity index (χ2n) is 3.93. The summed E-state index contributed by atoms with van der Waals surface area (Å²) in [6, 6.07) is 8.00. The van der Waals surface area contributed by atoms with Crippen LogP contribution < -0.4 is 5.32 Å². The zero-order valence-electron chi connectivity index (χ0n) is 9.83. The van der Waals surface area contributed by atoms with E-state index in [1.165, 1.54) is 12.5 Å². The monoisotopic (exact) mass is 297 g/mol. The molecule has 0 unspecified atom stereocenters. The van der Waals surface area contributed by atoms with Gasteiger partial charge in [-0.05, 0) is 31.0 Å². The van der Waals surface area contributed by atoms with Crippen LogP contribution in [0.2, 0.25) is 0 Å². The first-order chi connectivity index (χ1) is 8.08. The number of Topliss-reactive ketones (excluding diaryl/α,β-unsaturated/α-hetero) is 1. The van der Waals surface area contributed by atoms with Crippen LogP contribution in [0.15, 0.2) is 28.7 Å². The number of nitrogens with one attached hydrogen (secondary N) is 1. The molecule has 17 heavy (non-hydrogen) atoms. The first kappa shape index (κ1) is 13.9. The number of hydrogen-bond donors (Lipinski definition) is 1. The molecule has 0 heterocycles. The van der Waals surface area contributed by atoms with Crippen LogP contribution in [0.1, 0.15) is 25.3 Å². The van der Waals surface area contributed by atoms with Gasteiger partial charge in [-0.15, -0.1) is 0 Å². The molecule has 0 atom stereocenters. The molecule has 1 rings (SSSR count). The first-order valence-corrected chi connectivity index (χ1v) is 6.38. The lowest BCUT2D eigenvalue weighted by molar-refractivity contribution is -0.124. The van der Waals surface area contributed by atoms with Crippen LogP contribution in [0, 0.1) is 0 Å². The quantitative estimate of drug-likeness (QED) is 0.877. The zero-order valence-corrected chi connectivity index (χ0v) is 11.4. The largest absolute Gasteiger partial charge is 0.356 e. The van der Waals surface area contributed by atoms with Gasteiger partial charge in [0.2, 0.25) is 5.91 Å². The Labute approximate surface area is 110 Å². The van der Waals surface area contributed by atoms with Crippen LogP contribution in [0.3, 0.4) is 0 Å². The minimum atomic E-state index is -0.0580. The summed E-state index contributed by atoms with van der Waals surface area (Å²) >= 11 is 3.37. The average Bonchev–Trinajstić information content (AvgIpc) is 2.29. The zero-order chi connectivity index (χ0) is 12.7. The third-order valence-corrected chi connectivity index (χ3v) is 2.88. The maximum Gasteiger partial charge on any atom is 0.220 e. The number of benzene rings is 1. The molecule has 0 aromatic heterocycles. The highest BCUT2D eigenvalue weighted by molar-refractivity contribution is 9.10. The van der Waals surface area contributed by atoms with Gasteiger partial charge in [0.1, 0.15) is 5.78 Å². The average molecular weight is 298 g/mol. The number of rotatable bonds is 6. The van der Waals surface area contributed by atoms with E-state index in [4.69, 9.17) is 0 Å². The van der Waals surface area contributed by atoms with Crippen LogP contribution >= 0.6 is 15.9 Å². The predicted octanol–water partition coefficient (Wildman–Crippen LogP) is 2.48. The van der Waals surface area contributed by atoms with Crippen molar-refractivity contribution in [1.82, 2.24) is 5.32 Å². The number of carbonyl (C=O) groups excluding carboxylic acids is 2. The molecular weight excluding hydrogens is 282 g/mol. The molecule has 1 amide bonds. The molecule has 3 nitrogen and oxygen atoms in total. The van der Waals surface area contributed by atoms with Crippen molar-refractivity contribution in [3.05, 3.63) is 34.3 Å². The van der Waals surface area contributed by atoms with Crippen LogP contribution in [0.5, 0.6) is 0 Å².